The highest BCUT2D eigenvalue weighted by molar-refractivity contribution is 7.98. The lowest BCUT2D eigenvalue weighted by molar-refractivity contribution is 0.410. The summed E-state index contributed by atoms with van der Waals surface area (Å²) in [5.74, 6) is 1.06. The fraction of sp³-hybridized carbons (Fsp3) is 0.111. The third-order valence-corrected chi connectivity index (χ3v) is 5.64. The second kappa shape index (κ2) is 7.85. The van der Waals surface area contributed by atoms with Gasteiger partial charge in [-0.05, 0) is 46.8 Å². The van der Waals surface area contributed by atoms with E-state index in [1.807, 2.05) is 29.6 Å². The standard InChI is InChI=1S/C18H14FN5OS2/c1-25-16-5-3-2-4-15(16)24-18(21-22-23-24)27-11-14-10-26-17(20-14)12-6-8-13(19)9-7-12/h2-10H,11H2,1H3. The Morgan fingerprint density at radius 1 is 1.15 bits per heavy atom. The van der Waals surface area contributed by atoms with E-state index in [4.69, 9.17) is 4.74 Å². The van der Waals surface area contributed by atoms with Crippen LogP contribution in [0.25, 0.3) is 16.3 Å². The summed E-state index contributed by atoms with van der Waals surface area (Å²) in [6.07, 6.45) is 0. The molecule has 0 saturated heterocycles. The first-order chi connectivity index (χ1) is 13.2. The summed E-state index contributed by atoms with van der Waals surface area (Å²) in [4.78, 5) is 4.62. The molecule has 0 aliphatic rings. The maximum atomic E-state index is 13.1. The number of tetrazole rings is 1. The normalized spacial score (nSPS) is 10.9. The Hall–Kier alpha value is -2.78. The van der Waals surface area contributed by atoms with Gasteiger partial charge in [0.15, 0.2) is 0 Å². The quantitative estimate of drug-likeness (QED) is 0.452. The van der Waals surface area contributed by atoms with Crippen molar-refractivity contribution >= 4 is 23.1 Å². The Morgan fingerprint density at radius 2 is 1.96 bits per heavy atom. The van der Waals surface area contributed by atoms with Crippen LogP contribution in [-0.2, 0) is 5.75 Å². The topological polar surface area (TPSA) is 65.7 Å². The van der Waals surface area contributed by atoms with E-state index in [9.17, 15) is 4.39 Å². The molecule has 0 amide bonds. The molecule has 0 spiro atoms. The van der Waals surface area contributed by atoms with Crippen molar-refractivity contribution in [3.63, 3.8) is 0 Å². The molecule has 4 aromatic rings. The predicted octanol–water partition coefficient (Wildman–Crippen LogP) is 4.23. The number of rotatable bonds is 6. The molecule has 2 heterocycles. The molecule has 0 atom stereocenters. The molecule has 9 heteroatoms. The van der Waals surface area contributed by atoms with Gasteiger partial charge in [-0.2, -0.15) is 4.68 Å². The zero-order valence-electron chi connectivity index (χ0n) is 14.2. The minimum absolute atomic E-state index is 0.255. The van der Waals surface area contributed by atoms with Gasteiger partial charge in [0.2, 0.25) is 5.16 Å². The van der Waals surface area contributed by atoms with Crippen molar-refractivity contribution in [2.24, 2.45) is 0 Å². The van der Waals surface area contributed by atoms with Gasteiger partial charge < -0.3 is 4.74 Å². The zero-order chi connectivity index (χ0) is 18.6. The molecule has 6 nitrogen and oxygen atoms in total. The average molecular weight is 399 g/mol. The largest absolute Gasteiger partial charge is 0.494 e. The van der Waals surface area contributed by atoms with Crippen molar-refractivity contribution in [3.05, 3.63) is 65.4 Å². The smallest absolute Gasteiger partial charge is 0.214 e. The van der Waals surface area contributed by atoms with Crippen molar-refractivity contribution in [1.29, 1.82) is 0 Å². The lowest BCUT2D eigenvalue weighted by atomic mass is 10.2. The van der Waals surface area contributed by atoms with Crippen LogP contribution in [0.3, 0.4) is 0 Å². The summed E-state index contributed by atoms with van der Waals surface area (Å²) in [6.45, 7) is 0. The fourth-order valence-electron chi connectivity index (χ4n) is 2.46. The first-order valence-electron chi connectivity index (χ1n) is 7.99. The molecular weight excluding hydrogens is 385 g/mol. The third-order valence-electron chi connectivity index (χ3n) is 3.75. The highest BCUT2D eigenvalue weighted by atomic mass is 32.2. The molecule has 27 heavy (non-hydrogen) atoms. The van der Waals surface area contributed by atoms with E-state index in [1.165, 1.54) is 35.2 Å². The second-order valence-electron chi connectivity index (χ2n) is 5.48. The van der Waals surface area contributed by atoms with Gasteiger partial charge in [-0.1, -0.05) is 23.9 Å². The van der Waals surface area contributed by atoms with E-state index in [0.29, 0.717) is 16.7 Å². The second-order valence-corrected chi connectivity index (χ2v) is 7.29. The number of benzene rings is 2. The third kappa shape index (κ3) is 3.83. The SMILES string of the molecule is COc1ccccc1-n1nnnc1SCc1csc(-c2ccc(F)cc2)n1. The number of para-hydroxylation sites is 2. The lowest BCUT2D eigenvalue weighted by Crippen LogP contribution is -2.01. The average Bonchev–Trinajstić information content (AvgIpc) is 3.36. The van der Waals surface area contributed by atoms with Crippen LogP contribution < -0.4 is 4.74 Å². The van der Waals surface area contributed by atoms with E-state index in [2.05, 4.69) is 20.5 Å². The maximum absolute atomic E-state index is 13.1. The summed E-state index contributed by atoms with van der Waals surface area (Å²) in [5, 5.41) is 15.4. The fourth-order valence-corrected chi connectivity index (χ4v) is 4.17. The Bertz CT molecular complexity index is 1050. The number of thiazole rings is 1. The molecule has 0 N–H and O–H groups in total. The summed E-state index contributed by atoms with van der Waals surface area (Å²) < 4.78 is 20.1. The number of aromatic nitrogens is 5. The molecule has 0 bridgehead atoms. The van der Waals surface area contributed by atoms with E-state index in [-0.39, 0.29) is 5.82 Å². The van der Waals surface area contributed by atoms with Crippen molar-refractivity contribution < 1.29 is 9.13 Å². The first kappa shape index (κ1) is 17.6. The molecule has 4 rings (SSSR count). The Labute approximate surface area is 163 Å². The number of thioether (sulfide) groups is 1. The monoisotopic (exact) mass is 399 g/mol. The number of hydrogen-bond donors (Lipinski definition) is 0. The highest BCUT2D eigenvalue weighted by Gasteiger charge is 2.14. The van der Waals surface area contributed by atoms with Gasteiger partial charge in [-0.25, -0.2) is 9.37 Å². The first-order valence-corrected chi connectivity index (χ1v) is 9.86. The minimum atomic E-state index is -0.255. The molecule has 2 aromatic heterocycles. The molecule has 0 aliphatic heterocycles. The van der Waals surface area contributed by atoms with Gasteiger partial charge in [0, 0.05) is 16.7 Å². The van der Waals surface area contributed by atoms with Crippen LogP contribution in [0.1, 0.15) is 5.69 Å². The molecule has 0 aliphatic carbocycles. The van der Waals surface area contributed by atoms with Crippen molar-refractivity contribution in [2.75, 3.05) is 7.11 Å². The lowest BCUT2D eigenvalue weighted by Gasteiger charge is -2.08. The molecule has 2 aromatic carbocycles. The van der Waals surface area contributed by atoms with Gasteiger partial charge >= 0.3 is 0 Å². The Balaban J connectivity index is 1.51. The van der Waals surface area contributed by atoms with E-state index < -0.39 is 0 Å². The maximum Gasteiger partial charge on any atom is 0.214 e. The number of hydrogen-bond acceptors (Lipinski definition) is 7. The summed E-state index contributed by atoms with van der Waals surface area (Å²) in [6, 6.07) is 13.9. The highest BCUT2D eigenvalue weighted by Crippen LogP contribution is 2.29. The number of halogens is 1. The van der Waals surface area contributed by atoms with E-state index >= 15 is 0 Å². The van der Waals surface area contributed by atoms with Crippen LogP contribution in [0, 0.1) is 5.82 Å². The predicted molar refractivity (Wildman–Crippen MR) is 103 cm³/mol. The van der Waals surface area contributed by atoms with Gasteiger partial charge in [0.1, 0.15) is 22.3 Å². The molecule has 0 radical (unpaired) electrons. The van der Waals surface area contributed by atoms with Crippen molar-refractivity contribution in [3.8, 4) is 22.0 Å². The number of ether oxygens (including phenoxy) is 1. The molecule has 0 saturated carbocycles. The van der Waals surface area contributed by atoms with E-state index in [0.717, 1.165) is 22.0 Å². The van der Waals surface area contributed by atoms with Gasteiger partial charge in [-0.3, -0.25) is 0 Å². The van der Waals surface area contributed by atoms with Crippen LogP contribution in [0.15, 0.2) is 59.1 Å². The van der Waals surface area contributed by atoms with Gasteiger partial charge in [0.25, 0.3) is 0 Å². The van der Waals surface area contributed by atoms with Crippen LogP contribution in [-0.4, -0.2) is 32.3 Å². The Morgan fingerprint density at radius 3 is 2.78 bits per heavy atom. The summed E-state index contributed by atoms with van der Waals surface area (Å²) >= 11 is 3.01. The van der Waals surface area contributed by atoms with Gasteiger partial charge in [0.05, 0.1) is 12.8 Å². The number of methoxy groups -OCH3 is 1. The number of nitrogens with zero attached hydrogens (tertiary/aromatic N) is 5. The van der Waals surface area contributed by atoms with Crippen molar-refractivity contribution in [1.82, 2.24) is 25.2 Å². The van der Waals surface area contributed by atoms with E-state index in [1.54, 1.807) is 23.9 Å². The van der Waals surface area contributed by atoms with Crippen LogP contribution in [0.2, 0.25) is 0 Å². The van der Waals surface area contributed by atoms with Gasteiger partial charge in [-0.15, -0.1) is 16.4 Å². The van der Waals surface area contributed by atoms with Crippen molar-refractivity contribution in [2.45, 2.75) is 10.9 Å². The molecule has 136 valence electrons. The Kier molecular flexibility index (Phi) is 5.12. The minimum Gasteiger partial charge on any atom is -0.494 e. The molecule has 0 unspecified atom stereocenters. The zero-order valence-corrected chi connectivity index (χ0v) is 15.9. The summed E-state index contributed by atoms with van der Waals surface area (Å²) in [7, 11) is 1.61. The molecular formula is C18H14FN5OS2. The summed E-state index contributed by atoms with van der Waals surface area (Å²) in [5.41, 5.74) is 2.59. The van der Waals surface area contributed by atoms with Crippen LogP contribution in [0.5, 0.6) is 5.75 Å². The van der Waals surface area contributed by atoms with Crippen LogP contribution in [0.4, 0.5) is 4.39 Å². The molecule has 0 fully saturated rings. The van der Waals surface area contributed by atoms with Crippen LogP contribution >= 0.6 is 23.1 Å².